The van der Waals surface area contributed by atoms with E-state index in [1.165, 1.54) is 5.56 Å². The van der Waals surface area contributed by atoms with E-state index in [0.717, 1.165) is 32.4 Å². The standard InChI is InChI=1S/C18H29N3O2.2ClH/c1-2-3-9-16(12-19)20-18(22)17-14-21(10-11-23-17)13-15-7-5-4-6-8-15;;/h4-8,16-17H,2-3,9-14,19H2,1H3,(H,20,22);2*1H. The molecule has 25 heavy (non-hydrogen) atoms. The second-order valence-corrected chi connectivity index (χ2v) is 6.16. The molecule has 5 nitrogen and oxygen atoms in total. The highest BCUT2D eigenvalue weighted by molar-refractivity contribution is 5.85. The van der Waals surface area contributed by atoms with Crippen molar-refractivity contribution in [1.29, 1.82) is 0 Å². The summed E-state index contributed by atoms with van der Waals surface area (Å²) in [5, 5.41) is 3.04. The number of amides is 1. The number of nitrogens with zero attached hydrogens (tertiary/aromatic N) is 1. The van der Waals surface area contributed by atoms with Gasteiger partial charge in [0.25, 0.3) is 5.91 Å². The third-order valence-electron chi connectivity index (χ3n) is 4.23. The molecule has 2 atom stereocenters. The first-order valence-electron chi connectivity index (χ1n) is 8.61. The first-order chi connectivity index (χ1) is 11.2. The second-order valence-electron chi connectivity index (χ2n) is 6.16. The third-order valence-corrected chi connectivity index (χ3v) is 4.23. The van der Waals surface area contributed by atoms with E-state index in [9.17, 15) is 4.79 Å². The number of halogens is 2. The molecular formula is C18H31Cl2N3O2. The maximum absolute atomic E-state index is 12.4. The van der Waals surface area contributed by atoms with Gasteiger partial charge in [0.1, 0.15) is 6.10 Å². The average molecular weight is 392 g/mol. The first kappa shape index (κ1) is 24.1. The van der Waals surface area contributed by atoms with Crippen molar-refractivity contribution in [3.8, 4) is 0 Å². The van der Waals surface area contributed by atoms with Gasteiger partial charge in [-0.25, -0.2) is 0 Å². The minimum absolute atomic E-state index is 0. The highest BCUT2D eigenvalue weighted by Gasteiger charge is 2.27. The van der Waals surface area contributed by atoms with Crippen molar-refractivity contribution >= 4 is 30.7 Å². The Kier molecular flexibility index (Phi) is 12.9. The summed E-state index contributed by atoms with van der Waals surface area (Å²) in [6.45, 7) is 5.55. The molecule has 0 aromatic heterocycles. The van der Waals surface area contributed by atoms with E-state index in [4.69, 9.17) is 10.5 Å². The van der Waals surface area contributed by atoms with Crippen LogP contribution in [0.25, 0.3) is 0 Å². The summed E-state index contributed by atoms with van der Waals surface area (Å²) in [7, 11) is 0. The molecule has 0 spiro atoms. The summed E-state index contributed by atoms with van der Waals surface area (Å²) >= 11 is 0. The monoisotopic (exact) mass is 391 g/mol. The molecule has 1 aromatic carbocycles. The lowest BCUT2D eigenvalue weighted by Gasteiger charge is -2.33. The van der Waals surface area contributed by atoms with Crippen molar-refractivity contribution in [3.05, 3.63) is 35.9 Å². The summed E-state index contributed by atoms with van der Waals surface area (Å²) in [5.74, 6) is -0.0330. The van der Waals surface area contributed by atoms with Crippen molar-refractivity contribution in [1.82, 2.24) is 10.2 Å². The van der Waals surface area contributed by atoms with Crippen molar-refractivity contribution < 1.29 is 9.53 Å². The van der Waals surface area contributed by atoms with Crippen LogP contribution in [-0.4, -0.2) is 49.2 Å². The number of nitrogens with one attached hydrogen (secondary N) is 1. The van der Waals surface area contributed by atoms with Crippen LogP contribution in [-0.2, 0) is 16.1 Å². The van der Waals surface area contributed by atoms with E-state index in [-0.39, 0.29) is 36.8 Å². The molecule has 1 aliphatic rings. The van der Waals surface area contributed by atoms with E-state index in [1.54, 1.807) is 0 Å². The number of carbonyl (C=O) groups excluding carboxylic acids is 1. The zero-order valence-corrected chi connectivity index (χ0v) is 16.5. The topological polar surface area (TPSA) is 67.6 Å². The molecule has 2 unspecified atom stereocenters. The minimum atomic E-state index is -0.400. The molecule has 0 radical (unpaired) electrons. The maximum atomic E-state index is 12.4. The SMILES string of the molecule is CCCCC(CN)NC(=O)C1CN(Cc2ccccc2)CCO1.Cl.Cl. The lowest BCUT2D eigenvalue weighted by atomic mass is 10.1. The van der Waals surface area contributed by atoms with Gasteiger partial charge in [-0.05, 0) is 12.0 Å². The van der Waals surface area contributed by atoms with E-state index in [2.05, 4.69) is 29.3 Å². The third kappa shape index (κ3) is 8.38. The fraction of sp³-hybridized carbons (Fsp3) is 0.611. The molecule has 1 heterocycles. The number of benzene rings is 1. The molecule has 7 heteroatoms. The maximum Gasteiger partial charge on any atom is 0.250 e. The Hall–Kier alpha value is -0.850. The van der Waals surface area contributed by atoms with Gasteiger partial charge in [-0.15, -0.1) is 24.8 Å². The number of ether oxygens (including phenoxy) is 1. The highest BCUT2D eigenvalue weighted by Crippen LogP contribution is 2.11. The molecule has 1 amide bonds. The summed E-state index contributed by atoms with van der Waals surface area (Å²) < 4.78 is 5.66. The molecule has 1 fully saturated rings. The van der Waals surface area contributed by atoms with Gasteiger partial charge in [-0.3, -0.25) is 9.69 Å². The van der Waals surface area contributed by atoms with E-state index in [0.29, 0.717) is 19.7 Å². The van der Waals surface area contributed by atoms with Gasteiger partial charge in [0.2, 0.25) is 0 Å². The van der Waals surface area contributed by atoms with Crippen LogP contribution in [0.2, 0.25) is 0 Å². The molecular weight excluding hydrogens is 361 g/mol. The number of carbonyl (C=O) groups is 1. The molecule has 1 aliphatic heterocycles. The Bertz CT molecular complexity index is 477. The van der Waals surface area contributed by atoms with Gasteiger partial charge in [-0.1, -0.05) is 50.1 Å². The van der Waals surface area contributed by atoms with Crippen LogP contribution in [0.4, 0.5) is 0 Å². The van der Waals surface area contributed by atoms with Crippen molar-refractivity contribution in [3.63, 3.8) is 0 Å². The summed E-state index contributed by atoms with van der Waals surface area (Å²) in [5.41, 5.74) is 7.02. The van der Waals surface area contributed by atoms with Crippen molar-refractivity contribution in [2.75, 3.05) is 26.2 Å². The molecule has 1 aromatic rings. The van der Waals surface area contributed by atoms with Crippen LogP contribution < -0.4 is 11.1 Å². The lowest BCUT2D eigenvalue weighted by molar-refractivity contribution is -0.139. The zero-order valence-electron chi connectivity index (χ0n) is 14.9. The van der Waals surface area contributed by atoms with Crippen molar-refractivity contribution in [2.45, 2.75) is 44.9 Å². The summed E-state index contributed by atoms with van der Waals surface area (Å²) in [6.07, 6.45) is 2.72. The average Bonchev–Trinajstić information content (AvgIpc) is 2.59. The summed E-state index contributed by atoms with van der Waals surface area (Å²) in [6, 6.07) is 10.4. The van der Waals surface area contributed by atoms with Gasteiger partial charge in [0.05, 0.1) is 6.61 Å². The van der Waals surface area contributed by atoms with Crippen LogP contribution >= 0.6 is 24.8 Å². The lowest BCUT2D eigenvalue weighted by Crippen LogP contribution is -2.52. The summed E-state index contributed by atoms with van der Waals surface area (Å²) in [4.78, 5) is 14.7. The van der Waals surface area contributed by atoms with Gasteiger partial charge < -0.3 is 15.8 Å². The molecule has 0 saturated carbocycles. The Morgan fingerprint density at radius 1 is 1.36 bits per heavy atom. The van der Waals surface area contributed by atoms with Gasteiger partial charge in [-0.2, -0.15) is 0 Å². The minimum Gasteiger partial charge on any atom is -0.366 e. The quantitative estimate of drug-likeness (QED) is 0.713. The highest BCUT2D eigenvalue weighted by atomic mass is 35.5. The Morgan fingerprint density at radius 2 is 2.08 bits per heavy atom. The first-order valence-corrected chi connectivity index (χ1v) is 8.61. The molecule has 144 valence electrons. The predicted molar refractivity (Wildman–Crippen MR) is 106 cm³/mol. The van der Waals surface area contributed by atoms with Crippen LogP contribution in [0.5, 0.6) is 0 Å². The predicted octanol–water partition coefficient (Wildman–Crippen LogP) is 2.36. The van der Waals surface area contributed by atoms with Gasteiger partial charge in [0.15, 0.2) is 0 Å². The fourth-order valence-corrected chi connectivity index (χ4v) is 2.84. The Morgan fingerprint density at radius 3 is 2.72 bits per heavy atom. The molecule has 0 bridgehead atoms. The van der Waals surface area contributed by atoms with Crippen molar-refractivity contribution in [2.24, 2.45) is 5.73 Å². The van der Waals surface area contributed by atoms with E-state index < -0.39 is 6.10 Å². The fourth-order valence-electron chi connectivity index (χ4n) is 2.84. The van der Waals surface area contributed by atoms with E-state index >= 15 is 0 Å². The number of nitrogens with two attached hydrogens (primary N) is 1. The number of morpholine rings is 1. The normalized spacial score (nSPS) is 18.6. The van der Waals surface area contributed by atoms with Crippen LogP contribution in [0.1, 0.15) is 31.7 Å². The smallest absolute Gasteiger partial charge is 0.250 e. The Labute approximate surface area is 163 Å². The Balaban J connectivity index is 0.00000288. The molecule has 0 aliphatic carbocycles. The number of rotatable bonds is 8. The van der Waals surface area contributed by atoms with E-state index in [1.807, 2.05) is 18.2 Å². The number of hydrogen-bond donors (Lipinski definition) is 2. The van der Waals surface area contributed by atoms with Gasteiger partial charge in [0, 0.05) is 32.2 Å². The molecule has 2 rings (SSSR count). The van der Waals surface area contributed by atoms with Crippen LogP contribution in [0.3, 0.4) is 0 Å². The largest absolute Gasteiger partial charge is 0.366 e. The number of hydrogen-bond acceptors (Lipinski definition) is 4. The van der Waals surface area contributed by atoms with Crippen LogP contribution in [0.15, 0.2) is 30.3 Å². The number of unbranched alkanes of at least 4 members (excludes halogenated alkanes) is 1. The zero-order chi connectivity index (χ0) is 16.5. The molecule has 1 saturated heterocycles. The van der Waals surface area contributed by atoms with Gasteiger partial charge >= 0.3 is 0 Å². The van der Waals surface area contributed by atoms with Crippen LogP contribution in [0, 0.1) is 0 Å². The molecule has 3 N–H and O–H groups in total. The second kappa shape index (κ2) is 13.4.